The molecule has 2 aromatic rings. The molecular weight excluding hydrogens is 308 g/mol. The second-order valence-electron chi connectivity index (χ2n) is 6.62. The number of hydrogen-bond donors (Lipinski definition) is 0. The van der Waals surface area contributed by atoms with E-state index in [-0.39, 0.29) is 6.04 Å². The number of rotatable bonds is 4. The van der Waals surface area contributed by atoms with Gasteiger partial charge < -0.3 is 4.52 Å². The molecule has 2 aromatic heterocycles. The molecule has 1 atom stereocenters. The van der Waals surface area contributed by atoms with E-state index in [2.05, 4.69) is 26.9 Å². The SMILES string of the molecule is CC(c1nc(-c2cccs2)no1)N1CCN(C2CCCC2)CC1. The zero-order valence-corrected chi connectivity index (χ0v) is 14.5. The van der Waals surface area contributed by atoms with Crippen LogP contribution in [0.5, 0.6) is 0 Å². The van der Waals surface area contributed by atoms with Crippen LogP contribution in [0.1, 0.15) is 44.5 Å². The normalized spacial score (nSPS) is 22.7. The molecule has 0 N–H and O–H groups in total. The Kier molecular flexibility index (Phi) is 4.46. The summed E-state index contributed by atoms with van der Waals surface area (Å²) in [6.45, 7) is 6.70. The summed E-state index contributed by atoms with van der Waals surface area (Å²) in [6.07, 6.45) is 5.61. The average Bonchev–Trinajstić information content (AvgIpc) is 3.36. The molecule has 2 fully saturated rings. The molecule has 0 radical (unpaired) electrons. The molecule has 5 nitrogen and oxygen atoms in total. The topological polar surface area (TPSA) is 45.4 Å². The van der Waals surface area contributed by atoms with Crippen LogP contribution in [0.25, 0.3) is 10.7 Å². The number of aromatic nitrogens is 2. The molecular formula is C17H24N4OS. The third-order valence-corrected chi connectivity index (χ3v) is 6.14. The fourth-order valence-corrected chi connectivity index (χ4v) is 4.48. The van der Waals surface area contributed by atoms with E-state index in [9.17, 15) is 0 Å². The lowest BCUT2D eigenvalue weighted by Crippen LogP contribution is -2.50. The van der Waals surface area contributed by atoms with E-state index in [0.29, 0.717) is 5.82 Å². The molecule has 1 saturated heterocycles. The van der Waals surface area contributed by atoms with Gasteiger partial charge in [0.1, 0.15) is 0 Å². The smallest absolute Gasteiger partial charge is 0.244 e. The number of thiophene rings is 1. The lowest BCUT2D eigenvalue weighted by atomic mass is 10.1. The first-order chi connectivity index (χ1) is 11.3. The Labute approximate surface area is 141 Å². The standard InChI is InChI=1S/C17H24N4OS/c1-13(17-18-16(19-22-17)15-7-4-12-23-15)20-8-10-21(11-9-20)14-5-2-3-6-14/h4,7,12-14H,2-3,5-6,8-11H2,1H3. The van der Waals surface area contributed by atoms with Gasteiger partial charge in [-0.25, -0.2) is 0 Å². The molecule has 0 bridgehead atoms. The molecule has 6 heteroatoms. The number of nitrogens with zero attached hydrogens (tertiary/aromatic N) is 4. The van der Waals surface area contributed by atoms with E-state index in [4.69, 9.17) is 4.52 Å². The summed E-state index contributed by atoms with van der Waals surface area (Å²) in [5.74, 6) is 1.45. The second-order valence-corrected chi connectivity index (χ2v) is 7.57. The minimum Gasteiger partial charge on any atom is -0.337 e. The summed E-state index contributed by atoms with van der Waals surface area (Å²) >= 11 is 1.65. The van der Waals surface area contributed by atoms with Gasteiger partial charge >= 0.3 is 0 Å². The molecule has 3 heterocycles. The van der Waals surface area contributed by atoms with Crippen LogP contribution in [0.2, 0.25) is 0 Å². The van der Waals surface area contributed by atoms with Crippen LogP contribution >= 0.6 is 11.3 Å². The zero-order chi connectivity index (χ0) is 15.6. The van der Waals surface area contributed by atoms with Crippen LogP contribution < -0.4 is 0 Å². The van der Waals surface area contributed by atoms with E-state index >= 15 is 0 Å². The fourth-order valence-electron chi connectivity index (χ4n) is 3.83. The lowest BCUT2D eigenvalue weighted by molar-refractivity contribution is 0.0651. The summed E-state index contributed by atoms with van der Waals surface area (Å²) in [4.78, 5) is 10.8. The highest BCUT2D eigenvalue weighted by atomic mass is 32.1. The first kappa shape index (κ1) is 15.3. The van der Waals surface area contributed by atoms with Crippen molar-refractivity contribution in [2.75, 3.05) is 26.2 Å². The van der Waals surface area contributed by atoms with Crippen molar-refractivity contribution in [3.8, 4) is 10.7 Å². The van der Waals surface area contributed by atoms with Crippen molar-refractivity contribution in [2.24, 2.45) is 0 Å². The maximum Gasteiger partial charge on any atom is 0.244 e. The molecule has 1 saturated carbocycles. The monoisotopic (exact) mass is 332 g/mol. The summed E-state index contributed by atoms with van der Waals surface area (Å²) in [6, 6.07) is 5.08. The van der Waals surface area contributed by atoms with Gasteiger partial charge in [-0.2, -0.15) is 4.98 Å². The summed E-state index contributed by atoms with van der Waals surface area (Å²) in [5.41, 5.74) is 0. The predicted molar refractivity (Wildman–Crippen MR) is 91.4 cm³/mol. The van der Waals surface area contributed by atoms with Gasteiger partial charge in [0.2, 0.25) is 11.7 Å². The third kappa shape index (κ3) is 3.20. The molecule has 0 spiro atoms. The summed E-state index contributed by atoms with van der Waals surface area (Å²) < 4.78 is 5.52. The van der Waals surface area contributed by atoms with Gasteiger partial charge in [0.15, 0.2) is 0 Å². The van der Waals surface area contributed by atoms with Crippen molar-refractivity contribution < 1.29 is 4.52 Å². The van der Waals surface area contributed by atoms with Crippen LogP contribution in [0.3, 0.4) is 0 Å². The van der Waals surface area contributed by atoms with E-state index in [1.807, 2.05) is 17.5 Å². The van der Waals surface area contributed by atoms with Crippen molar-refractivity contribution >= 4 is 11.3 Å². The van der Waals surface area contributed by atoms with E-state index in [0.717, 1.165) is 29.9 Å². The first-order valence-corrected chi connectivity index (χ1v) is 9.55. The maximum atomic E-state index is 5.52. The Morgan fingerprint density at radius 2 is 2.00 bits per heavy atom. The zero-order valence-electron chi connectivity index (χ0n) is 13.6. The third-order valence-electron chi connectivity index (χ3n) is 5.28. The lowest BCUT2D eigenvalue weighted by Gasteiger charge is -2.39. The van der Waals surface area contributed by atoms with Gasteiger partial charge in [-0.05, 0) is 31.2 Å². The van der Waals surface area contributed by atoms with Crippen LogP contribution in [0.4, 0.5) is 0 Å². The molecule has 4 rings (SSSR count). The highest BCUT2D eigenvalue weighted by Crippen LogP contribution is 2.28. The largest absolute Gasteiger partial charge is 0.337 e. The molecule has 1 aliphatic heterocycles. The van der Waals surface area contributed by atoms with Crippen LogP contribution in [-0.4, -0.2) is 52.2 Å². The van der Waals surface area contributed by atoms with Gasteiger partial charge in [-0.3, -0.25) is 9.80 Å². The van der Waals surface area contributed by atoms with Gasteiger partial charge in [-0.1, -0.05) is 24.1 Å². The van der Waals surface area contributed by atoms with Crippen LogP contribution in [-0.2, 0) is 0 Å². The highest BCUT2D eigenvalue weighted by Gasteiger charge is 2.30. The Bertz CT molecular complexity index is 612. The molecule has 1 aliphatic carbocycles. The Morgan fingerprint density at radius 1 is 1.22 bits per heavy atom. The van der Waals surface area contributed by atoms with Crippen molar-refractivity contribution in [2.45, 2.75) is 44.7 Å². The molecule has 0 amide bonds. The fraction of sp³-hybridized carbons (Fsp3) is 0.647. The summed E-state index contributed by atoms with van der Waals surface area (Å²) in [5, 5.41) is 6.18. The van der Waals surface area contributed by atoms with Crippen molar-refractivity contribution in [3.63, 3.8) is 0 Å². The van der Waals surface area contributed by atoms with Gasteiger partial charge in [0.05, 0.1) is 10.9 Å². The Balaban J connectivity index is 1.37. The molecule has 124 valence electrons. The first-order valence-electron chi connectivity index (χ1n) is 8.67. The maximum absolute atomic E-state index is 5.52. The molecule has 23 heavy (non-hydrogen) atoms. The highest BCUT2D eigenvalue weighted by molar-refractivity contribution is 7.13. The minimum absolute atomic E-state index is 0.196. The Morgan fingerprint density at radius 3 is 2.70 bits per heavy atom. The number of piperazine rings is 1. The molecule has 1 unspecified atom stereocenters. The van der Waals surface area contributed by atoms with Gasteiger partial charge in [0, 0.05) is 32.2 Å². The summed E-state index contributed by atoms with van der Waals surface area (Å²) in [7, 11) is 0. The molecule has 0 aromatic carbocycles. The van der Waals surface area contributed by atoms with E-state index in [1.165, 1.54) is 38.8 Å². The van der Waals surface area contributed by atoms with Crippen LogP contribution in [0, 0.1) is 0 Å². The second kappa shape index (κ2) is 6.71. The van der Waals surface area contributed by atoms with E-state index < -0.39 is 0 Å². The van der Waals surface area contributed by atoms with Crippen LogP contribution in [0.15, 0.2) is 22.0 Å². The van der Waals surface area contributed by atoms with Crippen molar-refractivity contribution in [1.29, 1.82) is 0 Å². The van der Waals surface area contributed by atoms with Crippen molar-refractivity contribution in [1.82, 2.24) is 19.9 Å². The van der Waals surface area contributed by atoms with Crippen molar-refractivity contribution in [3.05, 3.63) is 23.4 Å². The minimum atomic E-state index is 0.196. The predicted octanol–water partition coefficient (Wildman–Crippen LogP) is 3.42. The quantitative estimate of drug-likeness (QED) is 0.858. The molecule has 2 aliphatic rings. The average molecular weight is 332 g/mol. The Hall–Kier alpha value is -1.24. The number of hydrogen-bond acceptors (Lipinski definition) is 6. The van der Waals surface area contributed by atoms with Gasteiger partial charge in [-0.15, -0.1) is 11.3 Å². The van der Waals surface area contributed by atoms with E-state index in [1.54, 1.807) is 11.3 Å². The van der Waals surface area contributed by atoms with Gasteiger partial charge in [0.25, 0.3) is 0 Å².